The predicted octanol–water partition coefficient (Wildman–Crippen LogP) is 1.29. The Morgan fingerprint density at radius 2 is 2.07 bits per heavy atom. The molecule has 0 aliphatic heterocycles. The number of rotatable bonds is 2. The van der Waals surface area contributed by atoms with Gasteiger partial charge in [0.2, 0.25) is 0 Å². The molecule has 5 nitrogen and oxygen atoms in total. The highest BCUT2D eigenvalue weighted by molar-refractivity contribution is 5.86. The van der Waals surface area contributed by atoms with Crippen LogP contribution in [0.2, 0.25) is 0 Å². The molecule has 0 amide bonds. The van der Waals surface area contributed by atoms with Crippen LogP contribution in [0.4, 0.5) is 0 Å². The van der Waals surface area contributed by atoms with Gasteiger partial charge < -0.3 is 5.11 Å². The van der Waals surface area contributed by atoms with Crippen molar-refractivity contribution < 1.29 is 9.90 Å². The molecule has 0 saturated carbocycles. The first-order valence-electron chi connectivity index (χ1n) is 4.56. The first-order chi connectivity index (χ1) is 6.38. The van der Waals surface area contributed by atoms with Crippen molar-refractivity contribution in [2.75, 3.05) is 0 Å². The summed E-state index contributed by atoms with van der Waals surface area (Å²) >= 11 is 0. The highest BCUT2D eigenvalue weighted by Crippen LogP contribution is 2.17. The number of carbonyl (C=O) groups is 1. The molecule has 0 fully saturated rings. The average molecular weight is 197 g/mol. The number of carboxylic acid groups (broad SMARTS) is 1. The second kappa shape index (κ2) is 3.40. The van der Waals surface area contributed by atoms with Crippen molar-refractivity contribution in [1.82, 2.24) is 15.0 Å². The highest BCUT2D eigenvalue weighted by atomic mass is 16.4. The third-order valence-corrected chi connectivity index (χ3v) is 1.94. The quantitative estimate of drug-likeness (QED) is 0.775. The summed E-state index contributed by atoms with van der Waals surface area (Å²) < 4.78 is 1.66. The Kier molecular flexibility index (Phi) is 2.59. The molecule has 1 rings (SSSR count). The number of carboxylic acids is 1. The summed E-state index contributed by atoms with van der Waals surface area (Å²) in [4.78, 5) is 10.8. The average Bonchev–Trinajstić information content (AvgIpc) is 2.45. The Hall–Kier alpha value is -1.39. The predicted molar refractivity (Wildman–Crippen MR) is 51.4 cm³/mol. The summed E-state index contributed by atoms with van der Waals surface area (Å²) in [7, 11) is 0. The maximum absolute atomic E-state index is 10.8. The molecular weight excluding hydrogens is 182 g/mol. The molecule has 0 radical (unpaired) electrons. The van der Waals surface area contributed by atoms with E-state index in [0.717, 1.165) is 0 Å². The van der Waals surface area contributed by atoms with Gasteiger partial charge in [-0.15, -0.1) is 5.10 Å². The normalized spacial score (nSPS) is 11.7. The maximum Gasteiger partial charge on any atom is 0.358 e. The van der Waals surface area contributed by atoms with Crippen LogP contribution in [0.1, 0.15) is 43.9 Å². The van der Waals surface area contributed by atoms with Crippen LogP contribution in [0.5, 0.6) is 0 Å². The number of aromatic nitrogens is 3. The van der Waals surface area contributed by atoms with Crippen molar-refractivity contribution in [2.45, 2.75) is 39.7 Å². The summed E-state index contributed by atoms with van der Waals surface area (Å²) in [5.41, 5.74) is 0.499. The van der Waals surface area contributed by atoms with Gasteiger partial charge in [-0.2, -0.15) is 0 Å². The molecule has 0 aliphatic rings. The standard InChI is InChI=1S/C9H15N3O2/c1-5-6-7(8(13)14)10-11-12(6)9(2,3)4/h5H2,1-4H3,(H,13,14). The van der Waals surface area contributed by atoms with E-state index in [1.54, 1.807) is 4.68 Å². The summed E-state index contributed by atoms with van der Waals surface area (Å²) in [6.45, 7) is 7.79. The molecule has 0 spiro atoms. The third kappa shape index (κ3) is 1.76. The number of hydrogen-bond acceptors (Lipinski definition) is 3. The van der Waals surface area contributed by atoms with Gasteiger partial charge in [0.1, 0.15) is 0 Å². The topological polar surface area (TPSA) is 68.0 Å². The molecule has 0 unspecified atom stereocenters. The van der Waals surface area contributed by atoms with E-state index in [0.29, 0.717) is 12.1 Å². The van der Waals surface area contributed by atoms with Crippen LogP contribution in [-0.2, 0) is 12.0 Å². The smallest absolute Gasteiger partial charge is 0.358 e. The van der Waals surface area contributed by atoms with Gasteiger partial charge in [-0.25, -0.2) is 9.48 Å². The van der Waals surface area contributed by atoms with Crippen LogP contribution in [0.25, 0.3) is 0 Å². The molecule has 0 atom stereocenters. The van der Waals surface area contributed by atoms with Crippen molar-refractivity contribution in [3.05, 3.63) is 11.4 Å². The molecule has 0 aromatic carbocycles. The Labute approximate surface area is 82.7 Å². The zero-order valence-electron chi connectivity index (χ0n) is 8.90. The monoisotopic (exact) mass is 197 g/mol. The Morgan fingerprint density at radius 1 is 1.50 bits per heavy atom. The van der Waals surface area contributed by atoms with Crippen LogP contribution in [0, 0.1) is 0 Å². The molecule has 0 saturated heterocycles. The van der Waals surface area contributed by atoms with Crippen LogP contribution in [0.15, 0.2) is 0 Å². The number of aromatic carboxylic acids is 1. The fraction of sp³-hybridized carbons (Fsp3) is 0.667. The number of nitrogens with zero attached hydrogens (tertiary/aromatic N) is 3. The zero-order valence-corrected chi connectivity index (χ0v) is 8.90. The van der Waals surface area contributed by atoms with Crippen molar-refractivity contribution in [3.63, 3.8) is 0 Å². The molecule has 0 bridgehead atoms. The Bertz CT molecular complexity index is 349. The minimum Gasteiger partial charge on any atom is -0.476 e. The molecule has 1 aromatic heterocycles. The number of hydrogen-bond donors (Lipinski definition) is 1. The second-order valence-electron chi connectivity index (χ2n) is 4.13. The van der Waals surface area contributed by atoms with E-state index in [2.05, 4.69) is 10.3 Å². The minimum absolute atomic E-state index is 0.0578. The van der Waals surface area contributed by atoms with Crippen LogP contribution in [-0.4, -0.2) is 26.1 Å². The van der Waals surface area contributed by atoms with Crippen LogP contribution < -0.4 is 0 Å². The van der Waals surface area contributed by atoms with Gasteiger partial charge in [0, 0.05) is 0 Å². The van der Waals surface area contributed by atoms with Crippen LogP contribution >= 0.6 is 0 Å². The SMILES string of the molecule is CCc1c(C(=O)O)nnn1C(C)(C)C. The lowest BCUT2D eigenvalue weighted by molar-refractivity contribution is 0.0689. The van der Waals surface area contributed by atoms with Crippen LogP contribution in [0.3, 0.4) is 0 Å². The van der Waals surface area contributed by atoms with Crippen molar-refractivity contribution in [3.8, 4) is 0 Å². The Morgan fingerprint density at radius 3 is 2.43 bits per heavy atom. The molecule has 14 heavy (non-hydrogen) atoms. The first kappa shape index (κ1) is 10.7. The Balaban J connectivity index is 3.28. The van der Waals surface area contributed by atoms with Gasteiger partial charge in [0.25, 0.3) is 0 Å². The minimum atomic E-state index is -1.02. The van der Waals surface area contributed by atoms with E-state index >= 15 is 0 Å². The van der Waals surface area contributed by atoms with E-state index in [9.17, 15) is 4.79 Å². The lowest BCUT2D eigenvalue weighted by atomic mass is 10.1. The zero-order chi connectivity index (χ0) is 10.9. The molecule has 1 heterocycles. The summed E-state index contributed by atoms with van der Waals surface area (Å²) in [6.07, 6.45) is 0.617. The van der Waals surface area contributed by atoms with Gasteiger partial charge >= 0.3 is 5.97 Å². The molecule has 1 N–H and O–H groups in total. The van der Waals surface area contributed by atoms with Gasteiger partial charge in [-0.3, -0.25) is 0 Å². The van der Waals surface area contributed by atoms with Gasteiger partial charge in [-0.05, 0) is 27.2 Å². The summed E-state index contributed by atoms with van der Waals surface area (Å²) in [6, 6.07) is 0. The fourth-order valence-corrected chi connectivity index (χ4v) is 1.32. The molecule has 1 aromatic rings. The maximum atomic E-state index is 10.8. The lowest BCUT2D eigenvalue weighted by Crippen LogP contribution is -2.25. The fourth-order valence-electron chi connectivity index (χ4n) is 1.32. The highest BCUT2D eigenvalue weighted by Gasteiger charge is 2.24. The first-order valence-corrected chi connectivity index (χ1v) is 4.56. The van der Waals surface area contributed by atoms with Gasteiger partial charge in [0.15, 0.2) is 5.69 Å². The lowest BCUT2D eigenvalue weighted by Gasteiger charge is -2.20. The largest absolute Gasteiger partial charge is 0.476 e. The van der Waals surface area contributed by atoms with Gasteiger partial charge in [0.05, 0.1) is 11.2 Å². The van der Waals surface area contributed by atoms with Crippen molar-refractivity contribution in [2.24, 2.45) is 0 Å². The summed E-state index contributed by atoms with van der Waals surface area (Å²) in [5, 5.41) is 16.4. The molecule has 0 aliphatic carbocycles. The van der Waals surface area contributed by atoms with Crippen molar-refractivity contribution in [1.29, 1.82) is 0 Å². The van der Waals surface area contributed by atoms with E-state index in [1.165, 1.54) is 0 Å². The molecule has 78 valence electrons. The molecule has 5 heteroatoms. The van der Waals surface area contributed by atoms with Gasteiger partial charge in [-0.1, -0.05) is 12.1 Å². The molecular formula is C9H15N3O2. The van der Waals surface area contributed by atoms with E-state index in [4.69, 9.17) is 5.11 Å². The van der Waals surface area contributed by atoms with E-state index in [-0.39, 0.29) is 11.2 Å². The van der Waals surface area contributed by atoms with Crippen molar-refractivity contribution >= 4 is 5.97 Å². The van der Waals surface area contributed by atoms with E-state index in [1.807, 2.05) is 27.7 Å². The second-order valence-corrected chi connectivity index (χ2v) is 4.13. The van der Waals surface area contributed by atoms with E-state index < -0.39 is 5.97 Å². The summed E-state index contributed by atoms with van der Waals surface area (Å²) in [5.74, 6) is -1.02. The third-order valence-electron chi connectivity index (χ3n) is 1.94.